The summed E-state index contributed by atoms with van der Waals surface area (Å²) in [4.78, 5) is 0. The third kappa shape index (κ3) is 2.82. The molecule has 1 aliphatic carbocycles. The van der Waals surface area contributed by atoms with E-state index in [4.69, 9.17) is 5.73 Å². The third-order valence-electron chi connectivity index (χ3n) is 3.49. The van der Waals surface area contributed by atoms with E-state index in [1.165, 1.54) is 24.6 Å². The number of hydrogen-bond donors (Lipinski definition) is 2. The van der Waals surface area contributed by atoms with Crippen LogP contribution in [-0.4, -0.2) is 13.1 Å². The van der Waals surface area contributed by atoms with Gasteiger partial charge in [-0.3, -0.25) is 0 Å². The number of hydrogen-bond acceptors (Lipinski definition) is 2. The van der Waals surface area contributed by atoms with E-state index >= 15 is 0 Å². The zero-order valence-corrected chi connectivity index (χ0v) is 9.92. The maximum Gasteiger partial charge on any atom is 0.130 e. The molecule has 2 rings (SSSR count). The molecule has 3 N–H and O–H groups in total. The molecule has 17 heavy (non-hydrogen) atoms. The van der Waals surface area contributed by atoms with Crippen LogP contribution in [-0.2, 0) is 0 Å². The second kappa shape index (κ2) is 5.10. The normalized spacial score (nSPS) is 24.7. The minimum Gasteiger partial charge on any atom is -0.329 e. The molecule has 0 aromatic heterocycles. The summed E-state index contributed by atoms with van der Waals surface area (Å²) in [6.45, 7) is 3.14. The van der Waals surface area contributed by atoms with E-state index in [1.807, 2.05) is 0 Å². The van der Waals surface area contributed by atoms with Gasteiger partial charge in [-0.25, -0.2) is 8.78 Å². The molecule has 0 heterocycles. The number of rotatable bonds is 5. The first-order chi connectivity index (χ1) is 8.13. The quantitative estimate of drug-likeness (QED) is 0.828. The molecule has 0 saturated heterocycles. The van der Waals surface area contributed by atoms with Crippen molar-refractivity contribution in [2.45, 2.75) is 19.4 Å². The van der Waals surface area contributed by atoms with E-state index in [0.717, 1.165) is 6.54 Å². The van der Waals surface area contributed by atoms with E-state index < -0.39 is 17.7 Å². The highest BCUT2D eigenvalue weighted by Gasteiger charge is 2.32. The molecule has 3 atom stereocenters. The number of benzene rings is 1. The lowest BCUT2D eigenvalue weighted by Gasteiger charge is -2.18. The van der Waals surface area contributed by atoms with Crippen molar-refractivity contribution in [2.75, 3.05) is 13.1 Å². The van der Waals surface area contributed by atoms with Crippen LogP contribution in [0.15, 0.2) is 18.2 Å². The molecule has 94 valence electrons. The Bertz CT molecular complexity index is 375. The lowest BCUT2D eigenvalue weighted by Crippen LogP contribution is -2.31. The minimum atomic E-state index is -0.531. The van der Waals surface area contributed by atoms with E-state index in [1.54, 1.807) is 0 Å². The van der Waals surface area contributed by atoms with Crippen LogP contribution in [0.3, 0.4) is 0 Å². The average Bonchev–Trinajstić information content (AvgIpc) is 2.99. The van der Waals surface area contributed by atoms with E-state index in [2.05, 4.69) is 12.2 Å². The predicted octanol–water partition coefficient (Wildman–Crippen LogP) is 2.21. The van der Waals surface area contributed by atoms with Gasteiger partial charge in [0, 0.05) is 12.1 Å². The Hall–Kier alpha value is -1.00. The van der Waals surface area contributed by atoms with Gasteiger partial charge in [-0.1, -0.05) is 13.0 Å². The van der Waals surface area contributed by atoms with Crippen LogP contribution < -0.4 is 11.1 Å². The van der Waals surface area contributed by atoms with Gasteiger partial charge in [0.25, 0.3) is 0 Å². The van der Waals surface area contributed by atoms with Crippen molar-refractivity contribution < 1.29 is 8.78 Å². The van der Waals surface area contributed by atoms with Crippen molar-refractivity contribution in [3.8, 4) is 0 Å². The van der Waals surface area contributed by atoms with Crippen LogP contribution in [0, 0.1) is 23.5 Å². The van der Waals surface area contributed by atoms with Crippen LogP contribution in [0.1, 0.15) is 24.9 Å². The molecule has 1 saturated carbocycles. The Labute approximate surface area is 100 Å². The van der Waals surface area contributed by atoms with Crippen molar-refractivity contribution in [3.05, 3.63) is 35.4 Å². The molecule has 1 aromatic carbocycles. The lowest BCUT2D eigenvalue weighted by atomic mass is 10.1. The fraction of sp³-hybridized carbons (Fsp3) is 0.538. The van der Waals surface area contributed by atoms with Crippen LogP contribution >= 0.6 is 0 Å². The van der Waals surface area contributed by atoms with Gasteiger partial charge in [-0.15, -0.1) is 0 Å². The first kappa shape index (κ1) is 12.5. The molecule has 1 aromatic rings. The number of nitrogens with two attached hydrogens (primary N) is 1. The zero-order valence-electron chi connectivity index (χ0n) is 9.92. The fourth-order valence-electron chi connectivity index (χ4n) is 2.12. The Morgan fingerprint density at radius 1 is 1.41 bits per heavy atom. The van der Waals surface area contributed by atoms with Crippen molar-refractivity contribution in [3.63, 3.8) is 0 Å². The van der Waals surface area contributed by atoms with Crippen molar-refractivity contribution in [2.24, 2.45) is 17.6 Å². The predicted molar refractivity (Wildman–Crippen MR) is 63.4 cm³/mol. The molecule has 0 aliphatic heterocycles. The van der Waals surface area contributed by atoms with Crippen LogP contribution in [0.2, 0.25) is 0 Å². The monoisotopic (exact) mass is 240 g/mol. The van der Waals surface area contributed by atoms with Gasteiger partial charge >= 0.3 is 0 Å². The van der Waals surface area contributed by atoms with Crippen molar-refractivity contribution in [1.82, 2.24) is 5.32 Å². The molecule has 3 unspecified atom stereocenters. The van der Waals surface area contributed by atoms with E-state index in [-0.39, 0.29) is 12.1 Å². The number of halogens is 2. The summed E-state index contributed by atoms with van der Waals surface area (Å²) in [6, 6.07) is 3.46. The summed E-state index contributed by atoms with van der Waals surface area (Å²) in [7, 11) is 0. The molecule has 0 radical (unpaired) electrons. The standard InChI is InChI=1S/C13H18F2N2/c1-8-5-9(8)7-17-12(6-16)13-10(14)3-2-4-11(13)15/h2-4,8-9,12,17H,5-7,16H2,1H3. The Morgan fingerprint density at radius 2 is 2.00 bits per heavy atom. The largest absolute Gasteiger partial charge is 0.329 e. The molecule has 0 bridgehead atoms. The fourth-order valence-corrected chi connectivity index (χ4v) is 2.12. The maximum absolute atomic E-state index is 13.6. The van der Waals surface area contributed by atoms with E-state index in [0.29, 0.717) is 11.8 Å². The first-order valence-corrected chi connectivity index (χ1v) is 6.00. The second-order valence-corrected chi connectivity index (χ2v) is 4.80. The summed E-state index contributed by atoms with van der Waals surface area (Å²) >= 11 is 0. The SMILES string of the molecule is CC1CC1CNC(CN)c1c(F)cccc1F. The molecule has 0 spiro atoms. The highest BCUT2D eigenvalue weighted by atomic mass is 19.1. The number of nitrogens with one attached hydrogen (secondary N) is 1. The molecule has 1 aliphatic rings. The van der Waals surface area contributed by atoms with Gasteiger partial charge in [0.05, 0.1) is 6.04 Å². The summed E-state index contributed by atoms with van der Waals surface area (Å²) in [6.07, 6.45) is 1.18. The first-order valence-electron chi connectivity index (χ1n) is 6.00. The highest BCUT2D eigenvalue weighted by molar-refractivity contribution is 5.23. The topological polar surface area (TPSA) is 38.0 Å². The van der Waals surface area contributed by atoms with Gasteiger partial charge in [0.2, 0.25) is 0 Å². The maximum atomic E-state index is 13.6. The highest BCUT2D eigenvalue weighted by Crippen LogP contribution is 2.37. The van der Waals surface area contributed by atoms with Gasteiger partial charge in [0.15, 0.2) is 0 Å². The smallest absolute Gasteiger partial charge is 0.130 e. The Morgan fingerprint density at radius 3 is 2.47 bits per heavy atom. The molecule has 2 nitrogen and oxygen atoms in total. The third-order valence-corrected chi connectivity index (χ3v) is 3.49. The van der Waals surface area contributed by atoms with Gasteiger partial charge in [0.1, 0.15) is 11.6 Å². The molecular weight excluding hydrogens is 222 g/mol. The van der Waals surface area contributed by atoms with Gasteiger partial charge < -0.3 is 11.1 Å². The van der Waals surface area contributed by atoms with Gasteiger partial charge in [-0.05, 0) is 36.9 Å². The minimum absolute atomic E-state index is 0.0586. The summed E-state index contributed by atoms with van der Waals surface area (Å²) < 4.78 is 27.1. The van der Waals surface area contributed by atoms with Crippen molar-refractivity contribution >= 4 is 0 Å². The average molecular weight is 240 g/mol. The van der Waals surface area contributed by atoms with Gasteiger partial charge in [-0.2, -0.15) is 0 Å². The Kier molecular flexibility index (Phi) is 3.74. The Balaban J connectivity index is 2.06. The summed E-state index contributed by atoms with van der Waals surface area (Å²) in [5.41, 5.74) is 5.65. The summed E-state index contributed by atoms with van der Waals surface area (Å²) in [5, 5.41) is 3.15. The zero-order chi connectivity index (χ0) is 12.4. The summed E-state index contributed by atoms with van der Waals surface area (Å²) in [5.74, 6) is 0.277. The van der Waals surface area contributed by atoms with E-state index in [9.17, 15) is 8.78 Å². The van der Waals surface area contributed by atoms with Crippen molar-refractivity contribution in [1.29, 1.82) is 0 Å². The van der Waals surface area contributed by atoms with Crippen LogP contribution in [0.25, 0.3) is 0 Å². The molecule has 1 fully saturated rings. The van der Waals surface area contributed by atoms with Crippen LogP contribution in [0.4, 0.5) is 8.78 Å². The van der Waals surface area contributed by atoms with Crippen LogP contribution in [0.5, 0.6) is 0 Å². The molecular formula is C13H18F2N2. The molecule has 4 heteroatoms. The molecule has 0 amide bonds. The second-order valence-electron chi connectivity index (χ2n) is 4.80. The lowest BCUT2D eigenvalue weighted by molar-refractivity contribution is 0.459.